The van der Waals surface area contributed by atoms with Crippen LogP contribution in [-0.2, 0) is 4.74 Å². The van der Waals surface area contributed by atoms with E-state index >= 15 is 0 Å². The Labute approximate surface area is 120 Å². The molecule has 1 unspecified atom stereocenters. The van der Waals surface area contributed by atoms with Crippen LogP contribution in [0.2, 0.25) is 0 Å². The van der Waals surface area contributed by atoms with Crippen LogP contribution >= 0.6 is 0 Å². The fourth-order valence-corrected chi connectivity index (χ4v) is 2.62. The number of ether oxygens (including phenoxy) is 1. The standard InChI is InChI=1S/C12H17N5O4/c1-5-15-10(13)12(2)11(16-5)17(4-14-12)9-8(20)7(19)6(3-18)21-9/h4,6-9,13,18-20H,3H2,1-2H3/t6-,7-,8-,9-,12?/m1/s1. The Balaban J connectivity index is 1.93. The first kappa shape index (κ1) is 14.3. The van der Waals surface area contributed by atoms with Gasteiger partial charge in [-0.15, -0.1) is 0 Å². The normalized spacial score (nSPS) is 42.1. The van der Waals surface area contributed by atoms with Gasteiger partial charge < -0.3 is 20.1 Å². The highest BCUT2D eigenvalue weighted by Gasteiger charge is 2.52. The molecule has 4 N–H and O–H groups in total. The van der Waals surface area contributed by atoms with Gasteiger partial charge in [-0.3, -0.25) is 15.3 Å². The van der Waals surface area contributed by atoms with Gasteiger partial charge in [-0.2, -0.15) is 0 Å². The van der Waals surface area contributed by atoms with Crippen LogP contribution in [-0.4, -0.2) is 80.8 Å². The first-order chi connectivity index (χ1) is 9.88. The molecule has 0 aromatic carbocycles. The number of fused-ring (bicyclic) bond motifs is 1. The summed E-state index contributed by atoms with van der Waals surface area (Å²) in [6.45, 7) is 2.95. The van der Waals surface area contributed by atoms with Gasteiger partial charge in [0.2, 0.25) is 0 Å². The van der Waals surface area contributed by atoms with Crippen LogP contribution in [0.25, 0.3) is 0 Å². The lowest BCUT2D eigenvalue weighted by atomic mass is 9.99. The molecule has 3 rings (SSSR count). The monoisotopic (exact) mass is 295 g/mol. The van der Waals surface area contributed by atoms with Crippen molar-refractivity contribution < 1.29 is 20.1 Å². The average Bonchev–Trinajstić information content (AvgIpc) is 2.91. The number of aliphatic hydroxyl groups excluding tert-OH is 3. The fraction of sp³-hybridized carbons (Fsp3) is 0.667. The van der Waals surface area contributed by atoms with Crippen LogP contribution in [0.5, 0.6) is 0 Å². The summed E-state index contributed by atoms with van der Waals surface area (Å²) in [7, 11) is 0. The molecule has 0 aliphatic carbocycles. The molecule has 5 atom stereocenters. The lowest BCUT2D eigenvalue weighted by Gasteiger charge is -2.31. The number of aliphatic hydroxyl groups is 3. The van der Waals surface area contributed by atoms with Gasteiger partial charge in [0.1, 0.15) is 30.0 Å². The third kappa shape index (κ3) is 1.93. The maximum atomic E-state index is 10.1. The molecule has 0 radical (unpaired) electrons. The number of amidine groups is 3. The van der Waals surface area contributed by atoms with Crippen LogP contribution in [0, 0.1) is 5.41 Å². The summed E-state index contributed by atoms with van der Waals surface area (Å²) in [4.78, 5) is 14.0. The molecule has 21 heavy (non-hydrogen) atoms. The first-order valence-corrected chi connectivity index (χ1v) is 6.58. The van der Waals surface area contributed by atoms with E-state index in [9.17, 15) is 10.2 Å². The van der Waals surface area contributed by atoms with Crippen molar-refractivity contribution in [2.45, 2.75) is 43.9 Å². The van der Waals surface area contributed by atoms with Crippen molar-refractivity contribution in [2.75, 3.05) is 6.61 Å². The molecule has 3 aliphatic heterocycles. The minimum Gasteiger partial charge on any atom is -0.394 e. The van der Waals surface area contributed by atoms with E-state index in [-0.39, 0.29) is 5.84 Å². The molecule has 0 saturated carbocycles. The molecule has 9 heteroatoms. The van der Waals surface area contributed by atoms with Crippen molar-refractivity contribution in [1.29, 1.82) is 5.41 Å². The summed E-state index contributed by atoms with van der Waals surface area (Å²) < 4.78 is 5.48. The van der Waals surface area contributed by atoms with E-state index < -0.39 is 36.7 Å². The summed E-state index contributed by atoms with van der Waals surface area (Å²) in [5.74, 6) is 0.875. The maximum Gasteiger partial charge on any atom is 0.176 e. The topological polar surface area (TPSA) is 134 Å². The van der Waals surface area contributed by atoms with E-state index in [0.717, 1.165) is 0 Å². The maximum absolute atomic E-state index is 10.1. The summed E-state index contributed by atoms with van der Waals surface area (Å²) in [6, 6.07) is 0. The highest BCUT2D eigenvalue weighted by Crippen LogP contribution is 2.32. The van der Waals surface area contributed by atoms with Crippen LogP contribution in [0.4, 0.5) is 0 Å². The van der Waals surface area contributed by atoms with Crippen molar-refractivity contribution in [3.63, 3.8) is 0 Å². The zero-order valence-electron chi connectivity index (χ0n) is 11.6. The lowest BCUT2D eigenvalue weighted by Crippen LogP contribution is -2.52. The Morgan fingerprint density at radius 2 is 2.10 bits per heavy atom. The zero-order valence-corrected chi connectivity index (χ0v) is 11.6. The zero-order chi connectivity index (χ0) is 15.4. The number of rotatable bonds is 2. The molecule has 1 saturated heterocycles. The average molecular weight is 295 g/mol. The van der Waals surface area contributed by atoms with Crippen molar-refractivity contribution in [3.8, 4) is 0 Å². The Morgan fingerprint density at radius 1 is 1.38 bits per heavy atom. The SMILES string of the molecule is CC1=NC(=N)C2(C)N=CN([C@@H]3O[C@H](CO)[C@@H](O)[C@H]3O)C2=N1. The second-order valence-electron chi connectivity index (χ2n) is 5.40. The lowest BCUT2D eigenvalue weighted by molar-refractivity contribution is -0.0511. The molecule has 3 heterocycles. The molecule has 0 amide bonds. The Bertz CT molecular complexity index is 574. The van der Waals surface area contributed by atoms with E-state index in [1.165, 1.54) is 11.2 Å². The molecule has 3 aliphatic rings. The molecular formula is C12H17N5O4. The predicted molar refractivity (Wildman–Crippen MR) is 74.8 cm³/mol. The van der Waals surface area contributed by atoms with E-state index in [2.05, 4.69) is 15.0 Å². The number of hydrogen-bond acceptors (Lipinski definition) is 8. The van der Waals surface area contributed by atoms with Crippen molar-refractivity contribution in [1.82, 2.24) is 4.90 Å². The van der Waals surface area contributed by atoms with Crippen LogP contribution in [0.15, 0.2) is 15.0 Å². The number of nitrogens with one attached hydrogen (secondary N) is 1. The summed E-state index contributed by atoms with van der Waals surface area (Å²) in [6.07, 6.45) is -2.78. The van der Waals surface area contributed by atoms with Gasteiger partial charge in [0, 0.05) is 0 Å². The second kappa shape index (κ2) is 4.67. The van der Waals surface area contributed by atoms with Gasteiger partial charge in [0.25, 0.3) is 0 Å². The van der Waals surface area contributed by atoms with Gasteiger partial charge in [-0.05, 0) is 13.8 Å². The minimum absolute atomic E-state index is 0.0514. The number of aliphatic imine (C=N–C) groups is 3. The molecule has 9 nitrogen and oxygen atoms in total. The van der Waals surface area contributed by atoms with E-state index in [0.29, 0.717) is 11.7 Å². The fourth-order valence-electron chi connectivity index (χ4n) is 2.62. The predicted octanol–water partition coefficient (Wildman–Crippen LogP) is -1.66. The first-order valence-electron chi connectivity index (χ1n) is 6.58. The third-order valence-electron chi connectivity index (χ3n) is 3.91. The summed E-state index contributed by atoms with van der Waals surface area (Å²) in [5.41, 5.74) is -1.02. The van der Waals surface area contributed by atoms with Gasteiger partial charge in [-0.25, -0.2) is 9.98 Å². The Morgan fingerprint density at radius 3 is 2.71 bits per heavy atom. The van der Waals surface area contributed by atoms with Crippen LogP contribution in [0.1, 0.15) is 13.8 Å². The molecule has 0 spiro atoms. The summed E-state index contributed by atoms with van der Waals surface area (Å²) in [5, 5.41) is 37.1. The largest absolute Gasteiger partial charge is 0.394 e. The number of hydrogen-bond donors (Lipinski definition) is 4. The summed E-state index contributed by atoms with van der Waals surface area (Å²) >= 11 is 0. The molecule has 0 aromatic rings. The van der Waals surface area contributed by atoms with Crippen molar-refractivity contribution in [2.24, 2.45) is 15.0 Å². The number of nitrogens with zero attached hydrogens (tertiary/aromatic N) is 4. The van der Waals surface area contributed by atoms with Gasteiger partial charge in [0.05, 0.1) is 12.9 Å². The van der Waals surface area contributed by atoms with Gasteiger partial charge >= 0.3 is 0 Å². The van der Waals surface area contributed by atoms with Crippen LogP contribution < -0.4 is 0 Å². The Hall–Kier alpha value is -1.68. The van der Waals surface area contributed by atoms with E-state index in [1.54, 1.807) is 13.8 Å². The van der Waals surface area contributed by atoms with Gasteiger partial charge in [0.15, 0.2) is 17.6 Å². The van der Waals surface area contributed by atoms with E-state index in [4.69, 9.17) is 15.3 Å². The highest BCUT2D eigenvalue weighted by molar-refractivity contribution is 6.26. The minimum atomic E-state index is -1.22. The van der Waals surface area contributed by atoms with Gasteiger partial charge in [-0.1, -0.05) is 0 Å². The molecular weight excluding hydrogens is 278 g/mol. The molecule has 114 valence electrons. The smallest absolute Gasteiger partial charge is 0.176 e. The third-order valence-corrected chi connectivity index (χ3v) is 3.91. The highest BCUT2D eigenvalue weighted by atomic mass is 16.6. The van der Waals surface area contributed by atoms with Crippen LogP contribution in [0.3, 0.4) is 0 Å². The quantitative estimate of drug-likeness (QED) is 0.483. The second-order valence-corrected chi connectivity index (χ2v) is 5.40. The molecule has 0 aromatic heterocycles. The molecule has 0 bridgehead atoms. The van der Waals surface area contributed by atoms with Crippen molar-refractivity contribution >= 4 is 23.8 Å². The van der Waals surface area contributed by atoms with E-state index in [1.807, 2.05) is 0 Å². The Kier molecular flexibility index (Phi) is 3.17. The molecule has 1 fully saturated rings. The van der Waals surface area contributed by atoms with Crippen molar-refractivity contribution in [3.05, 3.63) is 0 Å².